The van der Waals surface area contributed by atoms with E-state index in [0.29, 0.717) is 41.3 Å². The van der Waals surface area contributed by atoms with E-state index in [4.69, 9.17) is 9.47 Å². The number of fused-ring (bicyclic) bond motifs is 1. The number of para-hydroxylation sites is 1. The molecule has 292 valence electrons. The Kier molecular flexibility index (Phi) is 13.0. The number of hydrogen-bond acceptors (Lipinski definition) is 6. The maximum atomic E-state index is 13.9. The maximum Gasteiger partial charge on any atom is 0.249 e. The third kappa shape index (κ3) is 10.1. The predicted molar refractivity (Wildman–Crippen MR) is 223 cm³/mol. The number of nitrogens with one attached hydrogen (secondary N) is 2. The molecule has 1 heterocycles. The first kappa shape index (κ1) is 39.8. The van der Waals surface area contributed by atoms with Crippen LogP contribution in [0.25, 0.3) is 10.9 Å². The Balaban J connectivity index is 1.19. The van der Waals surface area contributed by atoms with Crippen LogP contribution in [0.4, 0.5) is 11.4 Å². The molecule has 0 unspecified atom stereocenters. The molecule has 0 spiro atoms. The van der Waals surface area contributed by atoms with Gasteiger partial charge in [-0.2, -0.15) is 0 Å². The van der Waals surface area contributed by atoms with Crippen molar-refractivity contribution in [3.8, 4) is 11.5 Å². The third-order valence-electron chi connectivity index (χ3n) is 9.95. The van der Waals surface area contributed by atoms with Crippen LogP contribution in [0.2, 0.25) is 0 Å². The summed E-state index contributed by atoms with van der Waals surface area (Å²) in [5.41, 5.74) is 4.58. The second-order valence-electron chi connectivity index (χ2n) is 13.8. The zero-order valence-corrected chi connectivity index (χ0v) is 32.6. The Hall–Kier alpha value is -6.88. The van der Waals surface area contributed by atoms with Crippen LogP contribution in [-0.4, -0.2) is 68.6 Å². The fourth-order valence-electron chi connectivity index (χ4n) is 6.84. The lowest BCUT2D eigenvalue weighted by Crippen LogP contribution is -2.49. The Morgan fingerprint density at radius 2 is 1.02 bits per heavy atom. The molecule has 0 aliphatic heterocycles. The molecule has 5 aromatic carbocycles. The van der Waals surface area contributed by atoms with Gasteiger partial charge in [0.15, 0.2) is 0 Å². The molecule has 0 radical (unpaired) electrons. The minimum atomic E-state index is -0.853. The van der Waals surface area contributed by atoms with Crippen molar-refractivity contribution in [2.75, 3.05) is 38.1 Å². The minimum absolute atomic E-state index is 0.0261. The number of anilines is 2. The van der Waals surface area contributed by atoms with Gasteiger partial charge in [-0.1, -0.05) is 78.9 Å². The first-order valence-corrected chi connectivity index (χ1v) is 18.7. The summed E-state index contributed by atoms with van der Waals surface area (Å²) >= 11 is 0. The number of aromatic nitrogens is 1. The molecule has 0 aliphatic rings. The van der Waals surface area contributed by atoms with Gasteiger partial charge in [-0.15, -0.1) is 0 Å². The predicted octanol–water partition coefficient (Wildman–Crippen LogP) is 5.98. The van der Waals surface area contributed by atoms with E-state index in [1.165, 1.54) is 9.80 Å². The molecule has 0 saturated carbocycles. The summed E-state index contributed by atoms with van der Waals surface area (Å²) in [6, 6.07) is 39.2. The molecule has 1 aromatic heterocycles. The quantitative estimate of drug-likeness (QED) is 0.125. The van der Waals surface area contributed by atoms with Gasteiger partial charge < -0.3 is 34.5 Å². The van der Waals surface area contributed by atoms with Crippen molar-refractivity contribution in [2.45, 2.75) is 37.9 Å². The molecule has 0 bridgehead atoms. The van der Waals surface area contributed by atoms with Gasteiger partial charge in [0.05, 0.1) is 20.6 Å². The molecule has 0 aliphatic carbocycles. The summed E-state index contributed by atoms with van der Waals surface area (Å²) in [6.45, 7) is -0.0886. The van der Waals surface area contributed by atoms with Crippen LogP contribution >= 0.6 is 0 Å². The number of rotatable bonds is 16. The van der Waals surface area contributed by atoms with E-state index < -0.39 is 12.1 Å². The van der Waals surface area contributed by atoms with Crippen LogP contribution in [0.3, 0.4) is 0 Å². The highest BCUT2D eigenvalue weighted by Crippen LogP contribution is 2.24. The SMILES string of the molecule is COc1ccc(N(C)C(=O)[C@H](Cc2ccccc2)NC(=O)Cc2cn(CC(=O)N[C@@H](Cc3ccccc3)C(=O)N(C)c3ccc(OC)cc3)c3ccccc23)cc1. The second-order valence-corrected chi connectivity index (χ2v) is 13.8. The molecule has 2 N–H and O–H groups in total. The number of benzene rings is 5. The summed E-state index contributed by atoms with van der Waals surface area (Å²) in [7, 11) is 6.52. The van der Waals surface area contributed by atoms with E-state index in [1.54, 1.807) is 87.6 Å². The number of likely N-dealkylation sites (N-methyl/N-ethyl adjacent to an activating group) is 2. The van der Waals surface area contributed by atoms with Crippen molar-refractivity contribution < 1.29 is 28.7 Å². The fraction of sp³-hybridized carbons (Fsp3) is 0.217. The van der Waals surface area contributed by atoms with Gasteiger partial charge in [-0.25, -0.2) is 0 Å². The van der Waals surface area contributed by atoms with E-state index in [1.807, 2.05) is 84.9 Å². The molecular formula is C46H47N5O6. The molecule has 6 rings (SSSR count). The highest BCUT2D eigenvalue weighted by atomic mass is 16.5. The molecule has 4 amide bonds. The zero-order chi connectivity index (χ0) is 40.3. The van der Waals surface area contributed by atoms with Crippen molar-refractivity contribution in [3.63, 3.8) is 0 Å². The van der Waals surface area contributed by atoms with Gasteiger partial charge >= 0.3 is 0 Å². The monoisotopic (exact) mass is 765 g/mol. The molecule has 0 saturated heterocycles. The number of nitrogens with zero attached hydrogens (tertiary/aromatic N) is 3. The van der Waals surface area contributed by atoms with E-state index in [0.717, 1.165) is 22.0 Å². The minimum Gasteiger partial charge on any atom is -0.497 e. The molecule has 11 nitrogen and oxygen atoms in total. The Morgan fingerprint density at radius 1 is 0.579 bits per heavy atom. The van der Waals surface area contributed by atoms with Crippen molar-refractivity contribution >= 4 is 45.9 Å². The first-order chi connectivity index (χ1) is 27.6. The smallest absolute Gasteiger partial charge is 0.249 e. The van der Waals surface area contributed by atoms with Crippen LogP contribution in [0.1, 0.15) is 16.7 Å². The molecule has 57 heavy (non-hydrogen) atoms. The Bertz CT molecular complexity index is 2130. The molecule has 2 atom stereocenters. The van der Waals surface area contributed by atoms with Crippen LogP contribution < -0.4 is 29.9 Å². The summed E-state index contributed by atoms with van der Waals surface area (Å²) in [5.74, 6) is 0.0951. The van der Waals surface area contributed by atoms with Gasteiger partial charge in [0.2, 0.25) is 23.6 Å². The number of methoxy groups -OCH3 is 2. The average Bonchev–Trinajstić information content (AvgIpc) is 3.58. The lowest BCUT2D eigenvalue weighted by Gasteiger charge is -2.25. The largest absolute Gasteiger partial charge is 0.497 e. The van der Waals surface area contributed by atoms with Crippen LogP contribution in [0.5, 0.6) is 11.5 Å². The van der Waals surface area contributed by atoms with Crippen molar-refractivity contribution in [1.82, 2.24) is 15.2 Å². The third-order valence-corrected chi connectivity index (χ3v) is 9.95. The topological polar surface area (TPSA) is 122 Å². The van der Waals surface area contributed by atoms with Crippen LogP contribution in [0.15, 0.2) is 140 Å². The number of carbonyl (C=O) groups is 4. The number of carbonyl (C=O) groups excluding carboxylic acids is 4. The van der Waals surface area contributed by atoms with Gasteiger partial charge in [0.25, 0.3) is 0 Å². The Labute approximate surface area is 332 Å². The highest BCUT2D eigenvalue weighted by Gasteiger charge is 2.28. The Morgan fingerprint density at radius 3 is 1.49 bits per heavy atom. The summed E-state index contributed by atoms with van der Waals surface area (Å²) in [5, 5.41) is 6.79. The van der Waals surface area contributed by atoms with E-state index in [-0.39, 0.29) is 36.6 Å². The van der Waals surface area contributed by atoms with E-state index >= 15 is 0 Å². The van der Waals surface area contributed by atoms with Gasteiger partial charge in [-0.3, -0.25) is 19.2 Å². The summed E-state index contributed by atoms with van der Waals surface area (Å²) < 4.78 is 12.3. The van der Waals surface area contributed by atoms with Gasteiger partial charge in [-0.05, 0) is 71.3 Å². The van der Waals surface area contributed by atoms with Gasteiger partial charge in [0.1, 0.15) is 30.1 Å². The highest BCUT2D eigenvalue weighted by molar-refractivity contribution is 6.00. The van der Waals surface area contributed by atoms with Crippen LogP contribution in [0, 0.1) is 0 Å². The average molecular weight is 766 g/mol. The molecule has 0 fully saturated rings. The van der Waals surface area contributed by atoms with Crippen molar-refractivity contribution in [2.24, 2.45) is 0 Å². The second kappa shape index (κ2) is 18.6. The fourth-order valence-corrected chi connectivity index (χ4v) is 6.84. The zero-order valence-electron chi connectivity index (χ0n) is 32.6. The first-order valence-electron chi connectivity index (χ1n) is 18.7. The van der Waals surface area contributed by atoms with Crippen molar-refractivity contribution in [1.29, 1.82) is 0 Å². The summed E-state index contributed by atoms with van der Waals surface area (Å²) in [6.07, 6.45) is 2.35. The normalized spacial score (nSPS) is 11.9. The lowest BCUT2D eigenvalue weighted by atomic mass is 10.0. The lowest BCUT2D eigenvalue weighted by molar-refractivity contribution is -0.127. The number of ether oxygens (including phenoxy) is 2. The molecule has 6 aromatic rings. The molecular weight excluding hydrogens is 719 g/mol. The number of hydrogen-bond donors (Lipinski definition) is 2. The van der Waals surface area contributed by atoms with Gasteiger partial charge in [0, 0.05) is 55.4 Å². The standard InChI is InChI=1S/C46H47N5O6/c1-49(35-19-23-37(56-3)24-20-35)45(54)40(27-32-13-7-5-8-14-32)47-43(52)29-34-30-51(42-18-12-11-17-39(34)42)31-44(53)48-41(28-33-15-9-6-10-16-33)46(55)50(2)36-21-25-38(57-4)26-22-36/h5-26,30,40-41H,27-29,31H2,1-4H3,(H,47,52)(H,48,53)/t40-,41-/m0/s1. The van der Waals surface area contributed by atoms with Crippen molar-refractivity contribution in [3.05, 3.63) is 156 Å². The summed E-state index contributed by atoms with van der Waals surface area (Å²) in [4.78, 5) is 58.5. The maximum absolute atomic E-state index is 13.9. The van der Waals surface area contributed by atoms with E-state index in [9.17, 15) is 19.2 Å². The molecule has 11 heteroatoms. The van der Waals surface area contributed by atoms with E-state index in [2.05, 4.69) is 10.6 Å². The van der Waals surface area contributed by atoms with Crippen LogP contribution in [-0.2, 0) is 45.0 Å². The number of amides is 4.